The standard InChI is InChI=1S/C34H55N2O2/c1-7-8-9-10-11-12-13-14-15-16-17-20-26-38-33-30(22-21-24-32(33)34(3,4)5)27-36(29(2)37)28-31-23-18-19-25-35(31)6/h18-19,21-25H,7-17,20,26-28H2,1-6H3/q+1. The van der Waals surface area contributed by atoms with Gasteiger partial charge in [-0.3, -0.25) is 4.79 Å². The predicted octanol–water partition coefficient (Wildman–Crippen LogP) is 8.44. The Bertz CT molecular complexity index is 948. The number of ether oxygens (including phenoxy) is 1. The summed E-state index contributed by atoms with van der Waals surface area (Å²) in [5.74, 6) is 1.04. The van der Waals surface area contributed by atoms with E-state index in [2.05, 4.69) is 56.5 Å². The molecule has 2 rings (SSSR count). The second kappa shape index (κ2) is 17.3. The van der Waals surface area contributed by atoms with Crippen molar-refractivity contribution in [2.45, 2.75) is 130 Å². The Kier molecular flexibility index (Phi) is 14.5. The first kappa shape index (κ1) is 31.9. The fourth-order valence-electron chi connectivity index (χ4n) is 4.99. The van der Waals surface area contributed by atoms with Gasteiger partial charge in [0, 0.05) is 31.2 Å². The fraction of sp³-hybridized carbons (Fsp3) is 0.647. The van der Waals surface area contributed by atoms with Crippen LogP contribution in [0, 0.1) is 0 Å². The molecule has 1 aromatic heterocycles. The van der Waals surface area contributed by atoms with Crippen molar-refractivity contribution in [3.05, 3.63) is 59.4 Å². The largest absolute Gasteiger partial charge is 0.493 e. The summed E-state index contributed by atoms with van der Waals surface area (Å²) < 4.78 is 8.57. The molecular formula is C34H55N2O2+. The number of benzene rings is 1. The van der Waals surface area contributed by atoms with Gasteiger partial charge in [-0.1, -0.05) is 123 Å². The van der Waals surface area contributed by atoms with Crippen LogP contribution in [0.3, 0.4) is 0 Å². The third-order valence-electron chi connectivity index (χ3n) is 7.47. The second-order valence-electron chi connectivity index (χ2n) is 12.0. The van der Waals surface area contributed by atoms with Gasteiger partial charge in [-0.25, -0.2) is 4.57 Å². The number of nitrogens with zero attached hydrogens (tertiary/aromatic N) is 2. The van der Waals surface area contributed by atoms with E-state index < -0.39 is 0 Å². The Labute approximate surface area is 233 Å². The van der Waals surface area contributed by atoms with Gasteiger partial charge < -0.3 is 9.64 Å². The van der Waals surface area contributed by atoms with E-state index in [-0.39, 0.29) is 11.3 Å². The van der Waals surface area contributed by atoms with E-state index in [4.69, 9.17) is 4.74 Å². The molecule has 212 valence electrons. The summed E-state index contributed by atoms with van der Waals surface area (Å²) in [6.45, 7) is 12.5. The number of carbonyl (C=O) groups excluding carboxylic acids is 1. The third-order valence-corrected chi connectivity index (χ3v) is 7.47. The molecule has 0 aliphatic rings. The van der Waals surface area contributed by atoms with Crippen molar-refractivity contribution < 1.29 is 14.1 Å². The maximum Gasteiger partial charge on any atom is 0.220 e. The maximum atomic E-state index is 12.6. The van der Waals surface area contributed by atoms with Crippen molar-refractivity contribution in [2.24, 2.45) is 7.05 Å². The average molecular weight is 524 g/mol. The first-order valence-electron chi connectivity index (χ1n) is 15.2. The molecule has 1 aromatic carbocycles. The lowest BCUT2D eigenvalue weighted by Crippen LogP contribution is -2.38. The zero-order chi connectivity index (χ0) is 27.8. The molecule has 0 spiro atoms. The molecule has 0 aliphatic heterocycles. The van der Waals surface area contributed by atoms with Gasteiger partial charge >= 0.3 is 0 Å². The van der Waals surface area contributed by atoms with Gasteiger partial charge in [-0.05, 0) is 17.4 Å². The smallest absolute Gasteiger partial charge is 0.220 e. The summed E-state index contributed by atoms with van der Waals surface area (Å²) in [4.78, 5) is 14.5. The molecule has 4 heteroatoms. The van der Waals surface area contributed by atoms with Crippen LogP contribution in [0.1, 0.15) is 128 Å². The number of para-hydroxylation sites is 1. The van der Waals surface area contributed by atoms with Crippen molar-refractivity contribution in [2.75, 3.05) is 6.61 Å². The molecule has 2 aromatic rings. The highest BCUT2D eigenvalue weighted by Crippen LogP contribution is 2.35. The molecule has 0 radical (unpaired) electrons. The van der Waals surface area contributed by atoms with E-state index >= 15 is 0 Å². The first-order valence-corrected chi connectivity index (χ1v) is 15.2. The quantitative estimate of drug-likeness (QED) is 0.145. The Morgan fingerprint density at radius 2 is 1.42 bits per heavy atom. The van der Waals surface area contributed by atoms with Crippen molar-refractivity contribution >= 4 is 5.91 Å². The number of carbonyl (C=O) groups is 1. The number of pyridine rings is 1. The van der Waals surface area contributed by atoms with Crippen LogP contribution >= 0.6 is 0 Å². The average Bonchev–Trinajstić information content (AvgIpc) is 2.87. The van der Waals surface area contributed by atoms with E-state index in [1.54, 1.807) is 6.92 Å². The number of aryl methyl sites for hydroxylation is 1. The molecule has 0 fully saturated rings. The molecule has 0 saturated carbocycles. The minimum absolute atomic E-state index is 0.0329. The van der Waals surface area contributed by atoms with E-state index in [0.29, 0.717) is 13.1 Å². The summed E-state index contributed by atoms with van der Waals surface area (Å²) in [5, 5.41) is 0. The van der Waals surface area contributed by atoms with E-state index in [1.807, 2.05) is 30.3 Å². The van der Waals surface area contributed by atoms with Crippen LogP contribution in [0.15, 0.2) is 42.6 Å². The Morgan fingerprint density at radius 1 is 0.816 bits per heavy atom. The maximum absolute atomic E-state index is 12.6. The summed E-state index contributed by atoms with van der Waals surface area (Å²) in [5.41, 5.74) is 3.37. The summed E-state index contributed by atoms with van der Waals surface area (Å²) in [6, 6.07) is 12.5. The Balaban J connectivity index is 1.90. The summed E-state index contributed by atoms with van der Waals surface area (Å²) >= 11 is 0. The SMILES string of the molecule is CCCCCCCCCCCCCCOc1c(CN(Cc2cccc[n+]2C)C(C)=O)cccc1C(C)(C)C. The Morgan fingerprint density at radius 3 is 1.97 bits per heavy atom. The molecule has 38 heavy (non-hydrogen) atoms. The van der Waals surface area contributed by atoms with Crippen LogP contribution in [-0.4, -0.2) is 17.4 Å². The number of amides is 1. The van der Waals surface area contributed by atoms with Crippen LogP contribution < -0.4 is 9.30 Å². The molecule has 0 aliphatic carbocycles. The van der Waals surface area contributed by atoms with Gasteiger partial charge in [-0.2, -0.15) is 0 Å². The first-order chi connectivity index (χ1) is 18.2. The number of aromatic nitrogens is 1. The highest BCUT2D eigenvalue weighted by molar-refractivity contribution is 5.73. The van der Waals surface area contributed by atoms with Gasteiger partial charge in [0.25, 0.3) is 0 Å². The lowest BCUT2D eigenvalue weighted by molar-refractivity contribution is -0.680. The topological polar surface area (TPSA) is 33.4 Å². The lowest BCUT2D eigenvalue weighted by Gasteiger charge is -2.27. The van der Waals surface area contributed by atoms with Gasteiger partial charge in [0.15, 0.2) is 6.20 Å². The highest BCUT2D eigenvalue weighted by atomic mass is 16.5. The molecule has 0 bridgehead atoms. The van der Waals surface area contributed by atoms with Crippen LogP contribution in [0.25, 0.3) is 0 Å². The van der Waals surface area contributed by atoms with Crippen molar-refractivity contribution in [1.29, 1.82) is 0 Å². The van der Waals surface area contributed by atoms with E-state index in [9.17, 15) is 4.79 Å². The molecule has 0 unspecified atom stereocenters. The zero-order valence-electron chi connectivity index (χ0n) is 25.4. The highest BCUT2D eigenvalue weighted by Gasteiger charge is 2.24. The molecule has 4 nitrogen and oxygen atoms in total. The molecule has 1 heterocycles. The number of unbranched alkanes of at least 4 members (excludes halogenated alkanes) is 11. The zero-order valence-corrected chi connectivity index (χ0v) is 25.4. The number of rotatable bonds is 18. The Hall–Kier alpha value is -2.36. The van der Waals surface area contributed by atoms with Crippen LogP contribution in [0.5, 0.6) is 5.75 Å². The van der Waals surface area contributed by atoms with Crippen LogP contribution in [0.2, 0.25) is 0 Å². The van der Waals surface area contributed by atoms with Gasteiger partial charge in [0.05, 0.1) is 6.61 Å². The third kappa shape index (κ3) is 11.6. The molecule has 1 amide bonds. The second-order valence-corrected chi connectivity index (χ2v) is 12.0. The van der Waals surface area contributed by atoms with Gasteiger partial charge in [-0.15, -0.1) is 0 Å². The molecular weight excluding hydrogens is 468 g/mol. The minimum atomic E-state index is -0.0329. The van der Waals surface area contributed by atoms with Crippen molar-refractivity contribution in [3.8, 4) is 5.75 Å². The van der Waals surface area contributed by atoms with Gasteiger partial charge in [0.2, 0.25) is 11.6 Å². The van der Waals surface area contributed by atoms with Crippen molar-refractivity contribution in [1.82, 2.24) is 4.90 Å². The van der Waals surface area contributed by atoms with Crippen LogP contribution in [0.4, 0.5) is 0 Å². The monoisotopic (exact) mass is 523 g/mol. The predicted molar refractivity (Wildman–Crippen MR) is 159 cm³/mol. The summed E-state index contributed by atoms with van der Waals surface area (Å²) in [6.07, 6.45) is 18.1. The fourth-order valence-corrected chi connectivity index (χ4v) is 4.99. The minimum Gasteiger partial charge on any atom is -0.493 e. The lowest BCUT2D eigenvalue weighted by atomic mass is 9.85. The van der Waals surface area contributed by atoms with Crippen LogP contribution in [-0.2, 0) is 30.3 Å². The number of hydrogen-bond donors (Lipinski definition) is 0. The normalized spacial score (nSPS) is 11.5. The van der Waals surface area contributed by atoms with Gasteiger partial charge in [0.1, 0.15) is 19.3 Å². The summed E-state index contributed by atoms with van der Waals surface area (Å²) in [7, 11) is 2.02. The number of hydrogen-bond acceptors (Lipinski definition) is 2. The van der Waals surface area contributed by atoms with E-state index in [0.717, 1.165) is 30.0 Å². The molecule has 0 N–H and O–H groups in total. The van der Waals surface area contributed by atoms with E-state index in [1.165, 1.54) is 76.2 Å². The van der Waals surface area contributed by atoms with Crippen molar-refractivity contribution in [3.63, 3.8) is 0 Å². The molecule has 0 saturated heterocycles. The molecule has 0 atom stereocenters.